The number of nitrogens with zero attached hydrogens (tertiary/aromatic N) is 4. The molecule has 5 rings (SSSR count). The molecule has 0 saturated carbocycles. The molecule has 0 spiro atoms. The van der Waals surface area contributed by atoms with Gasteiger partial charge in [-0.1, -0.05) is 32.0 Å². The predicted molar refractivity (Wildman–Crippen MR) is 123 cm³/mol. The van der Waals surface area contributed by atoms with Gasteiger partial charge in [-0.3, -0.25) is 9.59 Å². The fourth-order valence-electron chi connectivity index (χ4n) is 4.85. The molecule has 166 valence electrons. The molecular formula is C26H24N4O3. The largest absolute Gasteiger partial charge is 0.448 e. The smallest absolute Gasteiger partial charge is 0.232 e. The van der Waals surface area contributed by atoms with Crippen LogP contribution >= 0.6 is 0 Å². The molecule has 33 heavy (non-hydrogen) atoms. The summed E-state index contributed by atoms with van der Waals surface area (Å²) in [7, 11) is 0. The number of carbonyl (C=O) groups excluding carboxylic acids is 2. The fraction of sp³-hybridized carbons (Fsp3) is 0.308. The van der Waals surface area contributed by atoms with Gasteiger partial charge in [-0.05, 0) is 35.4 Å². The maximum absolute atomic E-state index is 13.6. The number of anilines is 2. The van der Waals surface area contributed by atoms with Gasteiger partial charge >= 0.3 is 0 Å². The summed E-state index contributed by atoms with van der Waals surface area (Å²) in [6.45, 7) is 5.16. The Morgan fingerprint density at radius 2 is 2.12 bits per heavy atom. The molecule has 2 aromatic carbocycles. The quantitative estimate of drug-likeness (QED) is 0.615. The topological polar surface area (TPSA) is 90.4 Å². The summed E-state index contributed by atoms with van der Waals surface area (Å²) in [6, 6.07) is 15.2. The molecule has 7 nitrogen and oxygen atoms in total. The van der Waals surface area contributed by atoms with Gasteiger partial charge in [-0.25, -0.2) is 4.98 Å². The van der Waals surface area contributed by atoms with Crippen LogP contribution in [0.5, 0.6) is 0 Å². The van der Waals surface area contributed by atoms with Crippen LogP contribution in [-0.4, -0.2) is 29.9 Å². The van der Waals surface area contributed by atoms with Crippen LogP contribution in [0.4, 0.5) is 11.4 Å². The predicted octanol–water partition coefficient (Wildman–Crippen LogP) is 3.81. The second-order valence-electron chi connectivity index (χ2n) is 9.37. The van der Waals surface area contributed by atoms with E-state index in [4.69, 9.17) is 9.68 Å². The second kappa shape index (κ2) is 7.89. The summed E-state index contributed by atoms with van der Waals surface area (Å²) in [6.07, 6.45) is 3.95. The van der Waals surface area contributed by atoms with Gasteiger partial charge < -0.3 is 14.2 Å². The zero-order chi connectivity index (χ0) is 23.2. The average Bonchev–Trinajstić information content (AvgIpc) is 3.52. The van der Waals surface area contributed by atoms with Crippen LogP contribution in [0.1, 0.15) is 42.7 Å². The average molecular weight is 441 g/mol. The van der Waals surface area contributed by atoms with E-state index in [0.29, 0.717) is 30.8 Å². The molecule has 1 fully saturated rings. The van der Waals surface area contributed by atoms with Crippen molar-refractivity contribution < 1.29 is 14.0 Å². The Morgan fingerprint density at radius 1 is 1.27 bits per heavy atom. The Kier molecular flexibility index (Phi) is 5.01. The molecule has 3 heterocycles. The molecular weight excluding hydrogens is 416 g/mol. The Balaban J connectivity index is 1.38. The molecule has 0 aliphatic carbocycles. The highest BCUT2D eigenvalue weighted by Gasteiger charge is 2.43. The van der Waals surface area contributed by atoms with Gasteiger partial charge in [-0.15, -0.1) is 0 Å². The van der Waals surface area contributed by atoms with Crippen molar-refractivity contribution in [3.05, 3.63) is 77.5 Å². The number of hydrogen-bond donors (Lipinski definition) is 0. The highest BCUT2D eigenvalue weighted by molar-refractivity contribution is 6.05. The SMILES string of the molecule is CC1(C)CN(C(=O)[C@H]2CC(=O)N(c3cccc(C#N)c3)C2)c2ccc(Cc3cnco3)cc21. The Bertz CT molecular complexity index is 1270. The van der Waals surface area contributed by atoms with Crippen LogP contribution in [0.15, 0.2) is 59.5 Å². The minimum absolute atomic E-state index is 0.0305. The molecule has 3 aromatic rings. The van der Waals surface area contributed by atoms with Crippen molar-refractivity contribution in [3.63, 3.8) is 0 Å². The Morgan fingerprint density at radius 3 is 2.88 bits per heavy atom. The summed E-state index contributed by atoms with van der Waals surface area (Å²) in [5.74, 6) is 0.254. The molecule has 2 aliphatic rings. The van der Waals surface area contributed by atoms with E-state index in [-0.39, 0.29) is 23.7 Å². The summed E-state index contributed by atoms with van der Waals surface area (Å²) >= 11 is 0. The zero-order valence-electron chi connectivity index (χ0n) is 18.6. The van der Waals surface area contributed by atoms with Crippen molar-refractivity contribution in [1.29, 1.82) is 5.26 Å². The number of rotatable bonds is 4. The van der Waals surface area contributed by atoms with E-state index < -0.39 is 5.92 Å². The van der Waals surface area contributed by atoms with Gasteiger partial charge in [0.1, 0.15) is 5.76 Å². The molecule has 0 radical (unpaired) electrons. The highest BCUT2D eigenvalue weighted by Crippen LogP contribution is 2.42. The van der Waals surface area contributed by atoms with Gasteiger partial charge in [0.25, 0.3) is 0 Å². The van der Waals surface area contributed by atoms with E-state index in [1.165, 1.54) is 6.39 Å². The summed E-state index contributed by atoms with van der Waals surface area (Å²) < 4.78 is 5.38. The van der Waals surface area contributed by atoms with Crippen molar-refractivity contribution >= 4 is 23.2 Å². The van der Waals surface area contributed by atoms with Crippen LogP contribution in [0.2, 0.25) is 0 Å². The summed E-state index contributed by atoms with van der Waals surface area (Å²) in [5.41, 5.74) is 4.08. The van der Waals surface area contributed by atoms with E-state index in [0.717, 1.165) is 22.6 Å². The first-order valence-electron chi connectivity index (χ1n) is 11.0. The lowest BCUT2D eigenvalue weighted by atomic mass is 9.86. The van der Waals surface area contributed by atoms with Crippen molar-refractivity contribution in [2.45, 2.75) is 32.1 Å². The number of benzene rings is 2. The third kappa shape index (κ3) is 3.78. The van der Waals surface area contributed by atoms with Crippen molar-refractivity contribution in [2.75, 3.05) is 22.9 Å². The van der Waals surface area contributed by atoms with E-state index >= 15 is 0 Å². The maximum Gasteiger partial charge on any atom is 0.232 e. The molecule has 0 bridgehead atoms. The monoisotopic (exact) mass is 440 g/mol. The molecule has 2 amide bonds. The van der Waals surface area contributed by atoms with Gasteiger partial charge in [0.05, 0.1) is 23.7 Å². The fourth-order valence-corrected chi connectivity index (χ4v) is 4.85. The number of nitriles is 1. The number of aromatic nitrogens is 1. The van der Waals surface area contributed by atoms with Gasteiger partial charge in [0.15, 0.2) is 6.39 Å². The van der Waals surface area contributed by atoms with Crippen LogP contribution in [0.3, 0.4) is 0 Å². The van der Waals surface area contributed by atoms with Crippen molar-refractivity contribution in [3.8, 4) is 6.07 Å². The minimum Gasteiger partial charge on any atom is -0.448 e. The number of fused-ring (bicyclic) bond motifs is 1. The normalized spacial score (nSPS) is 18.9. The lowest BCUT2D eigenvalue weighted by molar-refractivity contribution is -0.124. The molecule has 2 aliphatic heterocycles. The van der Waals surface area contributed by atoms with E-state index in [2.05, 4.69) is 31.0 Å². The third-order valence-electron chi connectivity index (χ3n) is 6.52. The second-order valence-corrected chi connectivity index (χ2v) is 9.37. The third-order valence-corrected chi connectivity index (χ3v) is 6.52. The molecule has 1 aromatic heterocycles. The van der Waals surface area contributed by atoms with E-state index in [9.17, 15) is 9.59 Å². The molecule has 7 heteroatoms. The van der Waals surface area contributed by atoms with Crippen LogP contribution in [-0.2, 0) is 21.4 Å². The number of hydrogen-bond acceptors (Lipinski definition) is 5. The molecule has 1 atom stereocenters. The lowest BCUT2D eigenvalue weighted by Gasteiger charge is -2.23. The minimum atomic E-state index is -0.418. The Hall–Kier alpha value is -3.92. The number of amides is 2. The van der Waals surface area contributed by atoms with E-state index in [1.54, 1.807) is 35.4 Å². The first kappa shape index (κ1) is 21.0. The first-order valence-corrected chi connectivity index (χ1v) is 11.0. The van der Waals surface area contributed by atoms with Gasteiger partial charge in [0, 0.05) is 42.7 Å². The summed E-state index contributed by atoms with van der Waals surface area (Å²) in [5, 5.41) is 9.17. The zero-order valence-corrected chi connectivity index (χ0v) is 18.6. The Labute approximate surface area is 192 Å². The van der Waals surface area contributed by atoms with Crippen LogP contribution < -0.4 is 9.80 Å². The highest BCUT2D eigenvalue weighted by atomic mass is 16.3. The number of carbonyl (C=O) groups is 2. The van der Waals surface area contributed by atoms with E-state index in [1.807, 2.05) is 17.0 Å². The van der Waals surface area contributed by atoms with Crippen LogP contribution in [0.25, 0.3) is 0 Å². The molecule has 1 saturated heterocycles. The standard InChI is InChI=1S/C26H24N4O3/c1-26(2)15-30(23-7-6-17(10-22(23)26)9-21-13-28-16-33-21)25(32)19-11-24(31)29(14-19)20-5-3-4-18(8-20)12-27/h3-8,10,13,16,19H,9,11,14-15H2,1-2H3/t19-/m0/s1. The summed E-state index contributed by atoms with van der Waals surface area (Å²) in [4.78, 5) is 33.7. The first-order chi connectivity index (χ1) is 15.9. The maximum atomic E-state index is 13.6. The van der Waals surface area contributed by atoms with Gasteiger partial charge in [0.2, 0.25) is 11.8 Å². The lowest BCUT2D eigenvalue weighted by Crippen LogP contribution is -2.39. The number of oxazole rings is 1. The molecule has 0 N–H and O–H groups in total. The van der Waals surface area contributed by atoms with Crippen LogP contribution in [0, 0.1) is 17.2 Å². The van der Waals surface area contributed by atoms with Crippen molar-refractivity contribution in [2.24, 2.45) is 5.92 Å². The van der Waals surface area contributed by atoms with Gasteiger partial charge in [-0.2, -0.15) is 5.26 Å². The van der Waals surface area contributed by atoms with Crippen molar-refractivity contribution in [1.82, 2.24) is 4.98 Å². The molecule has 0 unspecified atom stereocenters.